The van der Waals surface area contributed by atoms with E-state index in [-0.39, 0.29) is 12.6 Å². The Hall–Kier alpha value is -1.09. The number of hydrogen-bond acceptors (Lipinski definition) is 3. The van der Waals surface area contributed by atoms with Gasteiger partial charge in [0.1, 0.15) is 0 Å². The molecule has 3 heteroatoms. The number of hydrogen-bond donors (Lipinski definition) is 1. The molecule has 0 saturated heterocycles. The van der Waals surface area contributed by atoms with E-state index < -0.39 is 0 Å². The zero-order valence-corrected chi connectivity index (χ0v) is 11.9. The first-order chi connectivity index (χ1) is 9.27. The van der Waals surface area contributed by atoms with Gasteiger partial charge < -0.3 is 9.84 Å². The highest BCUT2D eigenvalue weighted by Gasteiger charge is 2.20. The zero-order valence-electron chi connectivity index (χ0n) is 11.9. The summed E-state index contributed by atoms with van der Waals surface area (Å²) in [6.07, 6.45) is 14.1. The van der Waals surface area contributed by atoms with Gasteiger partial charge in [-0.2, -0.15) is 0 Å². The third-order valence-corrected chi connectivity index (χ3v) is 3.61. The lowest BCUT2D eigenvalue weighted by Crippen LogP contribution is -2.19. The number of carbonyl (C=O) groups is 1. The minimum atomic E-state index is -0.103. The fourth-order valence-electron chi connectivity index (χ4n) is 2.43. The molecule has 108 valence electrons. The zero-order chi connectivity index (χ0) is 13.9. The summed E-state index contributed by atoms with van der Waals surface area (Å²) in [7, 11) is 0. The molecular formula is C16H26O3. The van der Waals surface area contributed by atoms with E-state index in [0.717, 1.165) is 32.1 Å². The van der Waals surface area contributed by atoms with Gasteiger partial charge in [-0.1, -0.05) is 24.3 Å². The molecule has 0 fully saturated rings. The van der Waals surface area contributed by atoms with Crippen molar-refractivity contribution < 1.29 is 14.6 Å². The van der Waals surface area contributed by atoms with Gasteiger partial charge in [-0.05, 0) is 50.9 Å². The quantitative estimate of drug-likeness (QED) is 0.417. The molecule has 0 aromatic rings. The second kappa shape index (κ2) is 9.79. The fourth-order valence-corrected chi connectivity index (χ4v) is 2.43. The van der Waals surface area contributed by atoms with Crippen LogP contribution in [0.4, 0.5) is 0 Å². The van der Waals surface area contributed by atoms with Crippen LogP contribution in [0.5, 0.6) is 0 Å². The summed E-state index contributed by atoms with van der Waals surface area (Å²) in [5.41, 5.74) is 0. The predicted octanol–water partition coefficient (Wildman–Crippen LogP) is 3.24. The Kier molecular flexibility index (Phi) is 8.23. The molecule has 3 nitrogen and oxygen atoms in total. The lowest BCUT2D eigenvalue weighted by molar-refractivity contribution is -0.143. The van der Waals surface area contributed by atoms with Crippen LogP contribution in [0.2, 0.25) is 0 Å². The smallest absolute Gasteiger partial charge is 0.305 e. The van der Waals surface area contributed by atoms with Crippen LogP contribution in [0.15, 0.2) is 24.3 Å². The van der Waals surface area contributed by atoms with Gasteiger partial charge in [0, 0.05) is 13.0 Å². The maximum Gasteiger partial charge on any atom is 0.305 e. The first-order valence-electron chi connectivity index (χ1n) is 7.34. The standard InChI is InChI=1S/C16H26O3/c1-2-19-16(18)12-6-4-3-5-9-14-10-7-8-11-15(14)13-17/h3,5,7-8,14-15,17H,2,4,6,9-13H2,1H3/b5-3-/t14-,15-/m0/s1. The van der Waals surface area contributed by atoms with Crippen molar-refractivity contribution in [2.75, 3.05) is 13.2 Å². The van der Waals surface area contributed by atoms with Crippen molar-refractivity contribution in [2.45, 2.75) is 45.4 Å². The summed E-state index contributed by atoms with van der Waals surface area (Å²) < 4.78 is 4.87. The SMILES string of the molecule is CCOC(=O)CCC/C=C\C[C@H]1CC=CC[C@H]1CO. The average Bonchev–Trinajstić information content (AvgIpc) is 2.43. The van der Waals surface area contributed by atoms with E-state index in [1.807, 2.05) is 6.92 Å². The van der Waals surface area contributed by atoms with E-state index in [9.17, 15) is 9.90 Å². The number of aliphatic hydroxyl groups excluding tert-OH is 1. The number of esters is 1. The maximum atomic E-state index is 11.1. The Labute approximate surface area is 116 Å². The molecule has 0 unspecified atom stereocenters. The van der Waals surface area contributed by atoms with Crippen LogP contribution in [-0.4, -0.2) is 24.3 Å². The van der Waals surface area contributed by atoms with Gasteiger partial charge in [0.2, 0.25) is 0 Å². The van der Waals surface area contributed by atoms with Crippen molar-refractivity contribution in [1.29, 1.82) is 0 Å². The van der Waals surface area contributed by atoms with Crippen LogP contribution in [0.3, 0.4) is 0 Å². The molecule has 0 amide bonds. The second-order valence-corrected chi connectivity index (χ2v) is 5.05. The Morgan fingerprint density at radius 3 is 2.74 bits per heavy atom. The normalized spacial score (nSPS) is 22.8. The van der Waals surface area contributed by atoms with Gasteiger partial charge >= 0.3 is 5.97 Å². The van der Waals surface area contributed by atoms with Crippen molar-refractivity contribution >= 4 is 5.97 Å². The molecule has 1 aliphatic rings. The van der Waals surface area contributed by atoms with E-state index in [1.165, 1.54) is 0 Å². The molecule has 0 saturated carbocycles. The Morgan fingerprint density at radius 1 is 1.32 bits per heavy atom. The summed E-state index contributed by atoms with van der Waals surface area (Å²) in [5.74, 6) is 0.874. The number of aliphatic hydroxyl groups is 1. The lowest BCUT2D eigenvalue weighted by atomic mass is 9.81. The molecule has 2 atom stereocenters. The van der Waals surface area contributed by atoms with Crippen LogP contribution >= 0.6 is 0 Å². The van der Waals surface area contributed by atoms with Gasteiger partial charge in [0.25, 0.3) is 0 Å². The molecule has 1 rings (SSSR count). The van der Waals surface area contributed by atoms with E-state index >= 15 is 0 Å². The number of unbranched alkanes of at least 4 members (excludes halogenated alkanes) is 1. The summed E-state index contributed by atoms with van der Waals surface area (Å²) in [5, 5.41) is 9.30. The van der Waals surface area contributed by atoms with Crippen molar-refractivity contribution in [3.05, 3.63) is 24.3 Å². The summed E-state index contributed by atoms with van der Waals surface area (Å²) in [4.78, 5) is 11.1. The van der Waals surface area contributed by atoms with Gasteiger partial charge in [0.05, 0.1) is 6.61 Å². The van der Waals surface area contributed by atoms with Gasteiger partial charge in [-0.15, -0.1) is 0 Å². The molecule has 1 aliphatic carbocycles. The Morgan fingerprint density at radius 2 is 2.05 bits per heavy atom. The van der Waals surface area contributed by atoms with Crippen LogP contribution < -0.4 is 0 Å². The van der Waals surface area contributed by atoms with E-state index in [2.05, 4.69) is 24.3 Å². The molecule has 0 spiro atoms. The van der Waals surface area contributed by atoms with Crippen LogP contribution in [0.1, 0.15) is 45.4 Å². The number of ether oxygens (including phenoxy) is 1. The summed E-state index contributed by atoms with van der Waals surface area (Å²) in [6.45, 7) is 2.58. The second-order valence-electron chi connectivity index (χ2n) is 5.05. The average molecular weight is 266 g/mol. The van der Waals surface area contributed by atoms with Crippen molar-refractivity contribution in [3.8, 4) is 0 Å². The van der Waals surface area contributed by atoms with Crippen LogP contribution in [0.25, 0.3) is 0 Å². The largest absolute Gasteiger partial charge is 0.466 e. The highest BCUT2D eigenvalue weighted by molar-refractivity contribution is 5.69. The molecule has 1 N–H and O–H groups in total. The highest BCUT2D eigenvalue weighted by Crippen LogP contribution is 2.28. The highest BCUT2D eigenvalue weighted by atomic mass is 16.5. The van der Waals surface area contributed by atoms with Crippen LogP contribution in [0, 0.1) is 11.8 Å². The number of allylic oxidation sites excluding steroid dienone is 4. The third-order valence-electron chi connectivity index (χ3n) is 3.61. The molecule has 19 heavy (non-hydrogen) atoms. The van der Waals surface area contributed by atoms with E-state index in [1.54, 1.807) is 0 Å². The molecule has 0 heterocycles. The van der Waals surface area contributed by atoms with Crippen molar-refractivity contribution in [2.24, 2.45) is 11.8 Å². The molecule has 0 bridgehead atoms. The molecular weight excluding hydrogens is 240 g/mol. The number of rotatable bonds is 8. The fraction of sp³-hybridized carbons (Fsp3) is 0.688. The predicted molar refractivity (Wildman–Crippen MR) is 76.7 cm³/mol. The Balaban J connectivity index is 2.12. The first-order valence-corrected chi connectivity index (χ1v) is 7.34. The van der Waals surface area contributed by atoms with Gasteiger partial charge in [-0.3, -0.25) is 4.79 Å². The van der Waals surface area contributed by atoms with Gasteiger partial charge in [0.15, 0.2) is 0 Å². The number of carbonyl (C=O) groups excluding carboxylic acids is 1. The monoisotopic (exact) mass is 266 g/mol. The molecule has 0 aromatic carbocycles. The topological polar surface area (TPSA) is 46.5 Å². The first kappa shape index (κ1) is 16.0. The molecule has 0 aliphatic heterocycles. The lowest BCUT2D eigenvalue weighted by Gasteiger charge is -2.25. The van der Waals surface area contributed by atoms with Crippen LogP contribution in [-0.2, 0) is 9.53 Å². The summed E-state index contributed by atoms with van der Waals surface area (Å²) >= 11 is 0. The molecule has 0 radical (unpaired) electrons. The third kappa shape index (κ3) is 6.58. The van der Waals surface area contributed by atoms with Crippen molar-refractivity contribution in [3.63, 3.8) is 0 Å². The van der Waals surface area contributed by atoms with E-state index in [4.69, 9.17) is 4.74 Å². The minimum Gasteiger partial charge on any atom is -0.466 e. The van der Waals surface area contributed by atoms with Gasteiger partial charge in [-0.25, -0.2) is 0 Å². The summed E-state index contributed by atoms with van der Waals surface area (Å²) in [6, 6.07) is 0. The molecule has 0 aromatic heterocycles. The minimum absolute atomic E-state index is 0.103. The van der Waals surface area contributed by atoms with E-state index in [0.29, 0.717) is 24.9 Å². The van der Waals surface area contributed by atoms with Crippen molar-refractivity contribution in [1.82, 2.24) is 0 Å². The maximum absolute atomic E-state index is 11.1. The Bertz CT molecular complexity index is 307.